The topological polar surface area (TPSA) is 6.48 Å². The van der Waals surface area contributed by atoms with Crippen LogP contribution in [0.1, 0.15) is 0 Å². The maximum absolute atomic E-state index is 15.7. The third-order valence-electron chi connectivity index (χ3n) is 10.7. The minimum absolute atomic E-state index is 0.0347. The van der Waals surface area contributed by atoms with Crippen molar-refractivity contribution in [2.75, 3.05) is 9.80 Å². The van der Waals surface area contributed by atoms with Gasteiger partial charge in [0.2, 0.25) is 11.6 Å². The molecule has 2 heterocycles. The highest BCUT2D eigenvalue weighted by Gasteiger charge is 2.34. The summed E-state index contributed by atoms with van der Waals surface area (Å²) in [6, 6.07) is 36.3. The Kier molecular flexibility index (Phi) is 9.45. The zero-order chi connectivity index (χ0) is 43.1. The molecule has 0 saturated heterocycles. The number of rotatable bonds is 7. The van der Waals surface area contributed by atoms with Gasteiger partial charge in [0, 0.05) is 42.3 Å². The zero-order valence-electron chi connectivity index (χ0n) is 31.2. The number of benzene rings is 8. The van der Waals surface area contributed by atoms with Gasteiger partial charge >= 0.3 is 0 Å². The number of thiophene rings is 2. The summed E-state index contributed by atoms with van der Waals surface area (Å²) in [6.07, 6.45) is 0. The summed E-state index contributed by atoms with van der Waals surface area (Å²) in [7, 11) is 0. The normalized spacial score (nSPS) is 11.7. The number of anilines is 6. The van der Waals surface area contributed by atoms with Gasteiger partial charge in [-0.25, -0.2) is 43.9 Å². The van der Waals surface area contributed by atoms with Crippen molar-refractivity contribution in [2.45, 2.75) is 0 Å². The van der Waals surface area contributed by atoms with E-state index < -0.39 is 69.5 Å². The minimum Gasteiger partial charge on any atom is -0.304 e. The molecule has 0 unspecified atom stereocenters. The van der Waals surface area contributed by atoms with E-state index in [-0.39, 0.29) is 22.7 Å². The van der Waals surface area contributed by atoms with Crippen molar-refractivity contribution in [1.82, 2.24) is 0 Å². The summed E-state index contributed by atoms with van der Waals surface area (Å²) >= 11 is 2.55. The van der Waals surface area contributed by atoms with E-state index in [1.54, 1.807) is 24.3 Å². The van der Waals surface area contributed by atoms with Crippen LogP contribution in [0.3, 0.4) is 0 Å². The molecule has 14 heteroatoms. The molecule has 2 aromatic heterocycles. The van der Waals surface area contributed by atoms with Gasteiger partial charge in [-0.2, -0.15) is 0 Å². The lowest BCUT2D eigenvalue weighted by atomic mass is 10.0. The van der Waals surface area contributed by atoms with Crippen molar-refractivity contribution in [2.24, 2.45) is 0 Å². The molecule has 8 aromatic carbocycles. The molecular weight excluding hydrogens is 859 g/mol. The van der Waals surface area contributed by atoms with Crippen molar-refractivity contribution in [3.63, 3.8) is 0 Å². The third kappa shape index (κ3) is 5.99. The molecule has 0 aliphatic carbocycles. The van der Waals surface area contributed by atoms with Crippen molar-refractivity contribution in [3.8, 4) is 11.1 Å². The van der Waals surface area contributed by atoms with E-state index in [1.165, 1.54) is 83.3 Å². The van der Waals surface area contributed by atoms with Crippen LogP contribution in [0.15, 0.2) is 133 Å². The van der Waals surface area contributed by atoms with Gasteiger partial charge < -0.3 is 9.80 Å². The number of hydrogen-bond acceptors (Lipinski definition) is 4. The Hall–Kier alpha value is -6.90. The first-order valence-corrected chi connectivity index (χ1v) is 20.2. The average molecular weight is 881 g/mol. The lowest BCUT2D eigenvalue weighted by Crippen LogP contribution is -2.17. The van der Waals surface area contributed by atoms with Crippen LogP contribution in [0.4, 0.5) is 78.0 Å². The SMILES string of the molecule is Fc1c(F)c(F)c(N(c2ccc(-c3ccc(N(c4c(F)c(F)c(F)c(F)c4F)c4cccc5c4sc4ccccc45)cc3)cc2)c2cccc3c2sc2ccccc23)c(F)c1F. The second-order valence-corrected chi connectivity index (χ2v) is 16.2. The lowest BCUT2D eigenvalue weighted by Gasteiger charge is -2.28. The fourth-order valence-electron chi connectivity index (χ4n) is 7.78. The Morgan fingerprint density at radius 3 is 0.952 bits per heavy atom. The molecule has 62 heavy (non-hydrogen) atoms. The molecule has 0 bridgehead atoms. The predicted octanol–water partition coefficient (Wildman–Crippen LogP) is 16.4. The summed E-state index contributed by atoms with van der Waals surface area (Å²) < 4.78 is 153. The standard InChI is InChI=1S/C48H22F10N2S2/c49-35-37(51)41(55)45(42(56)38(35)52)59(31-11-5-9-29-27-7-1-3-13-33(27)61-47(29)31)25-19-15-23(16-20-25)24-17-21-26(22-18-24)60(46-43(57)39(53)36(50)40(54)44(46)58)32-12-6-10-30-28-8-2-4-14-34(28)62-48(30)32/h1-22H. The molecule has 10 rings (SSSR count). The molecule has 0 N–H and O–H groups in total. The minimum atomic E-state index is -2.30. The van der Waals surface area contributed by atoms with Crippen LogP contribution in [0.5, 0.6) is 0 Å². The second kappa shape index (κ2) is 14.9. The highest BCUT2D eigenvalue weighted by atomic mass is 32.1. The van der Waals surface area contributed by atoms with Crippen LogP contribution in [0, 0.1) is 58.2 Å². The largest absolute Gasteiger partial charge is 0.304 e. The van der Waals surface area contributed by atoms with Crippen molar-refractivity contribution in [3.05, 3.63) is 192 Å². The van der Waals surface area contributed by atoms with Gasteiger partial charge in [-0.15, -0.1) is 22.7 Å². The number of nitrogens with zero attached hydrogens (tertiary/aromatic N) is 2. The second-order valence-electron chi connectivity index (χ2n) is 14.1. The van der Waals surface area contributed by atoms with Crippen molar-refractivity contribution < 1.29 is 43.9 Å². The van der Waals surface area contributed by atoms with Crippen LogP contribution < -0.4 is 9.80 Å². The molecule has 10 aromatic rings. The number of hydrogen-bond donors (Lipinski definition) is 0. The van der Waals surface area contributed by atoms with E-state index >= 15 is 17.6 Å². The number of halogens is 10. The Bertz CT molecular complexity index is 3150. The molecular formula is C48H22F10N2S2. The lowest BCUT2D eigenvalue weighted by molar-refractivity contribution is 0.380. The van der Waals surface area contributed by atoms with E-state index in [2.05, 4.69) is 0 Å². The first-order valence-electron chi connectivity index (χ1n) is 18.6. The molecule has 306 valence electrons. The van der Waals surface area contributed by atoms with Gasteiger partial charge in [-0.05, 0) is 59.7 Å². The van der Waals surface area contributed by atoms with Crippen LogP contribution in [-0.4, -0.2) is 0 Å². The van der Waals surface area contributed by atoms with Gasteiger partial charge in [-0.3, -0.25) is 0 Å². The van der Waals surface area contributed by atoms with E-state index in [1.807, 2.05) is 48.5 Å². The molecule has 0 fully saturated rings. The van der Waals surface area contributed by atoms with E-state index in [0.29, 0.717) is 31.3 Å². The van der Waals surface area contributed by atoms with Crippen LogP contribution in [-0.2, 0) is 0 Å². The van der Waals surface area contributed by atoms with Gasteiger partial charge in [0.05, 0.1) is 20.8 Å². The first kappa shape index (κ1) is 39.2. The van der Waals surface area contributed by atoms with Gasteiger partial charge in [0.1, 0.15) is 11.4 Å². The van der Waals surface area contributed by atoms with E-state index in [9.17, 15) is 26.3 Å². The molecule has 0 radical (unpaired) electrons. The Morgan fingerprint density at radius 2 is 0.597 bits per heavy atom. The summed E-state index contributed by atoms with van der Waals surface area (Å²) in [5.41, 5.74) is -1.06. The Balaban J connectivity index is 1.10. The van der Waals surface area contributed by atoms with Crippen molar-refractivity contribution in [1.29, 1.82) is 0 Å². The highest BCUT2D eigenvalue weighted by Crippen LogP contribution is 2.49. The predicted molar refractivity (Wildman–Crippen MR) is 227 cm³/mol. The molecule has 2 nitrogen and oxygen atoms in total. The van der Waals surface area contributed by atoms with Crippen molar-refractivity contribution >= 4 is 97.1 Å². The first-order chi connectivity index (χ1) is 29.9. The maximum atomic E-state index is 15.7. The summed E-state index contributed by atoms with van der Waals surface area (Å²) in [4.78, 5) is 1.94. The fourth-order valence-corrected chi connectivity index (χ4v) is 10.2. The monoisotopic (exact) mass is 880 g/mol. The Labute approximate surface area is 352 Å². The molecule has 0 aliphatic heterocycles. The summed E-state index contributed by atoms with van der Waals surface area (Å²) in [5, 5.41) is 3.03. The molecule has 0 atom stereocenters. The average Bonchev–Trinajstić information content (AvgIpc) is 3.89. The van der Waals surface area contributed by atoms with Gasteiger partial charge in [0.15, 0.2) is 46.5 Å². The quantitative estimate of drug-likeness (QED) is 0.0894. The van der Waals surface area contributed by atoms with E-state index in [0.717, 1.165) is 30.0 Å². The van der Waals surface area contributed by atoms with Gasteiger partial charge in [-0.1, -0.05) is 84.9 Å². The smallest absolute Gasteiger partial charge is 0.200 e. The van der Waals surface area contributed by atoms with Gasteiger partial charge in [0.25, 0.3) is 0 Å². The third-order valence-corrected chi connectivity index (χ3v) is 13.1. The molecule has 0 aliphatic rings. The molecule has 0 amide bonds. The molecule has 0 saturated carbocycles. The summed E-state index contributed by atoms with van der Waals surface area (Å²) in [6.45, 7) is 0. The Morgan fingerprint density at radius 1 is 0.290 bits per heavy atom. The highest BCUT2D eigenvalue weighted by molar-refractivity contribution is 7.26. The number of fused-ring (bicyclic) bond motifs is 6. The molecule has 0 spiro atoms. The fraction of sp³-hybridized carbons (Fsp3) is 0. The van der Waals surface area contributed by atoms with E-state index in [4.69, 9.17) is 0 Å². The van der Waals surface area contributed by atoms with Crippen LogP contribution >= 0.6 is 22.7 Å². The maximum Gasteiger partial charge on any atom is 0.200 e. The van der Waals surface area contributed by atoms with Crippen LogP contribution in [0.25, 0.3) is 51.5 Å². The zero-order valence-corrected chi connectivity index (χ0v) is 32.8. The summed E-state index contributed by atoms with van der Waals surface area (Å²) in [5.74, 6) is -21.2. The van der Waals surface area contributed by atoms with Crippen LogP contribution in [0.2, 0.25) is 0 Å².